The molecule has 18 heavy (non-hydrogen) atoms. The van der Waals surface area contributed by atoms with Crippen LogP contribution in [0.3, 0.4) is 0 Å². The Labute approximate surface area is 108 Å². The van der Waals surface area contributed by atoms with Gasteiger partial charge in [-0.3, -0.25) is 5.32 Å². The van der Waals surface area contributed by atoms with Crippen LogP contribution in [0.25, 0.3) is 0 Å². The lowest BCUT2D eigenvalue weighted by Gasteiger charge is -2.18. The Morgan fingerprint density at radius 1 is 1.17 bits per heavy atom. The van der Waals surface area contributed by atoms with E-state index in [1.54, 1.807) is 0 Å². The maximum atomic E-state index is 11.7. The number of benzene rings is 1. The van der Waals surface area contributed by atoms with Gasteiger partial charge in [0.15, 0.2) is 0 Å². The summed E-state index contributed by atoms with van der Waals surface area (Å²) < 4.78 is 5.43. The van der Waals surface area contributed by atoms with Gasteiger partial charge in [-0.25, -0.2) is 4.79 Å². The molecule has 3 heteroatoms. The molecular formula is C15H19NO2. The number of hydrogen-bond donors (Lipinski definition) is 1. The highest BCUT2D eigenvalue weighted by atomic mass is 16.6. The summed E-state index contributed by atoms with van der Waals surface area (Å²) in [6.45, 7) is 0. The Bertz CT molecular complexity index is 400. The van der Waals surface area contributed by atoms with Crippen LogP contribution < -0.4 is 5.32 Å². The van der Waals surface area contributed by atoms with Crippen LogP contribution in [0.5, 0.6) is 0 Å². The van der Waals surface area contributed by atoms with Gasteiger partial charge in [-0.2, -0.15) is 0 Å². The topological polar surface area (TPSA) is 38.3 Å². The summed E-state index contributed by atoms with van der Waals surface area (Å²) >= 11 is 0. The monoisotopic (exact) mass is 245 g/mol. The van der Waals surface area contributed by atoms with Gasteiger partial charge in [-0.1, -0.05) is 30.4 Å². The van der Waals surface area contributed by atoms with Gasteiger partial charge in [0, 0.05) is 12.1 Å². The van der Waals surface area contributed by atoms with E-state index in [1.807, 2.05) is 30.3 Å². The number of rotatable bonds is 2. The zero-order chi connectivity index (χ0) is 12.6. The average molecular weight is 245 g/mol. The van der Waals surface area contributed by atoms with Crippen molar-refractivity contribution in [2.75, 3.05) is 5.32 Å². The minimum absolute atomic E-state index is 0.00487. The zero-order valence-corrected chi connectivity index (χ0v) is 10.5. The predicted molar refractivity (Wildman–Crippen MR) is 72.6 cm³/mol. The third-order valence-corrected chi connectivity index (χ3v) is 3.01. The lowest BCUT2D eigenvalue weighted by atomic mass is 10.0. The molecule has 0 spiro atoms. The van der Waals surface area contributed by atoms with Crippen molar-refractivity contribution < 1.29 is 9.53 Å². The van der Waals surface area contributed by atoms with Crippen molar-refractivity contribution in [2.45, 2.75) is 38.2 Å². The van der Waals surface area contributed by atoms with Gasteiger partial charge < -0.3 is 4.74 Å². The standard InChI is InChI=1S/C15H19NO2/c17-15(16-13-9-5-4-6-10-13)18-14-11-7-2-1-3-8-12-14/h2,4-7,9-10,14H,1,3,8,11-12H2,(H,16,17)/t14-/m0/s1. The molecule has 1 atom stereocenters. The fraction of sp³-hybridized carbons (Fsp3) is 0.400. The first kappa shape index (κ1) is 12.7. The number of carbonyl (C=O) groups excluding carboxylic acids is 1. The maximum absolute atomic E-state index is 11.7. The van der Waals surface area contributed by atoms with Crippen LogP contribution in [0.2, 0.25) is 0 Å². The summed E-state index contributed by atoms with van der Waals surface area (Å²) in [5.41, 5.74) is 0.767. The van der Waals surface area contributed by atoms with Crippen molar-refractivity contribution >= 4 is 11.8 Å². The molecule has 96 valence electrons. The van der Waals surface area contributed by atoms with Gasteiger partial charge >= 0.3 is 6.09 Å². The largest absolute Gasteiger partial charge is 0.446 e. The number of para-hydroxylation sites is 1. The summed E-state index contributed by atoms with van der Waals surface area (Å²) in [7, 11) is 0. The van der Waals surface area contributed by atoms with Crippen LogP contribution in [-0.2, 0) is 4.74 Å². The summed E-state index contributed by atoms with van der Waals surface area (Å²) in [5, 5.41) is 2.74. The SMILES string of the molecule is O=C(Nc1ccccc1)O[C@H]1CC=CCCCC1. The summed E-state index contributed by atoms with van der Waals surface area (Å²) in [6.07, 6.45) is 9.14. The van der Waals surface area contributed by atoms with E-state index in [9.17, 15) is 4.79 Å². The Balaban J connectivity index is 1.83. The first-order valence-electron chi connectivity index (χ1n) is 6.52. The van der Waals surface area contributed by atoms with E-state index in [-0.39, 0.29) is 12.2 Å². The van der Waals surface area contributed by atoms with Crippen LogP contribution in [0.15, 0.2) is 42.5 Å². The molecule has 0 aromatic heterocycles. The van der Waals surface area contributed by atoms with Gasteiger partial charge in [-0.15, -0.1) is 0 Å². The van der Waals surface area contributed by atoms with Crippen molar-refractivity contribution in [2.24, 2.45) is 0 Å². The fourth-order valence-electron chi connectivity index (χ4n) is 2.05. The minimum Gasteiger partial charge on any atom is -0.446 e. The summed E-state index contributed by atoms with van der Waals surface area (Å²) in [4.78, 5) is 11.7. The summed E-state index contributed by atoms with van der Waals surface area (Å²) in [6, 6.07) is 9.37. The van der Waals surface area contributed by atoms with Crippen LogP contribution in [0, 0.1) is 0 Å². The van der Waals surface area contributed by atoms with Crippen molar-refractivity contribution in [3.63, 3.8) is 0 Å². The van der Waals surface area contributed by atoms with Crippen LogP contribution in [0.4, 0.5) is 10.5 Å². The smallest absolute Gasteiger partial charge is 0.411 e. The second kappa shape index (κ2) is 6.84. The Hall–Kier alpha value is -1.77. The van der Waals surface area contributed by atoms with Crippen molar-refractivity contribution in [1.29, 1.82) is 0 Å². The van der Waals surface area contributed by atoms with Gasteiger partial charge in [0.05, 0.1) is 0 Å². The van der Waals surface area contributed by atoms with Crippen LogP contribution in [0.1, 0.15) is 32.1 Å². The highest BCUT2D eigenvalue weighted by molar-refractivity contribution is 5.84. The normalized spacial score (nSPS) is 19.7. The molecule has 1 aliphatic carbocycles. The number of carbonyl (C=O) groups is 1. The number of allylic oxidation sites excluding steroid dienone is 1. The lowest BCUT2D eigenvalue weighted by Crippen LogP contribution is -2.22. The molecule has 1 aromatic rings. The first-order chi connectivity index (χ1) is 8.84. The highest BCUT2D eigenvalue weighted by Crippen LogP contribution is 2.16. The molecule has 3 nitrogen and oxygen atoms in total. The molecule has 1 aliphatic rings. The van der Waals surface area contributed by atoms with E-state index in [2.05, 4.69) is 17.5 Å². The third-order valence-electron chi connectivity index (χ3n) is 3.01. The number of hydrogen-bond acceptors (Lipinski definition) is 2. The van der Waals surface area contributed by atoms with Crippen molar-refractivity contribution in [3.8, 4) is 0 Å². The second-order valence-electron chi connectivity index (χ2n) is 4.51. The Morgan fingerprint density at radius 3 is 2.83 bits per heavy atom. The third kappa shape index (κ3) is 4.24. The van der Waals surface area contributed by atoms with Gasteiger partial charge in [0.1, 0.15) is 6.10 Å². The van der Waals surface area contributed by atoms with Crippen LogP contribution in [-0.4, -0.2) is 12.2 Å². The molecule has 1 N–H and O–H groups in total. The maximum Gasteiger partial charge on any atom is 0.411 e. The average Bonchev–Trinajstić information content (AvgIpc) is 2.34. The van der Waals surface area contributed by atoms with Gasteiger partial charge in [-0.05, 0) is 37.8 Å². The predicted octanol–water partition coefficient (Wildman–Crippen LogP) is 4.12. The lowest BCUT2D eigenvalue weighted by molar-refractivity contribution is 0.104. The molecule has 2 rings (SSSR count). The number of amides is 1. The molecule has 0 saturated heterocycles. The number of anilines is 1. The molecule has 1 aromatic carbocycles. The van der Waals surface area contributed by atoms with E-state index < -0.39 is 0 Å². The van der Waals surface area contributed by atoms with Crippen molar-refractivity contribution in [1.82, 2.24) is 0 Å². The fourth-order valence-corrected chi connectivity index (χ4v) is 2.05. The van der Waals surface area contributed by atoms with E-state index in [0.717, 1.165) is 31.4 Å². The van der Waals surface area contributed by atoms with E-state index in [0.29, 0.717) is 0 Å². The molecule has 0 fully saturated rings. The summed E-state index contributed by atoms with van der Waals surface area (Å²) in [5.74, 6) is 0. The Kier molecular flexibility index (Phi) is 4.82. The quantitative estimate of drug-likeness (QED) is 0.796. The molecule has 0 radical (unpaired) electrons. The molecule has 0 heterocycles. The van der Waals surface area contributed by atoms with E-state index in [1.165, 1.54) is 6.42 Å². The van der Waals surface area contributed by atoms with Gasteiger partial charge in [0.25, 0.3) is 0 Å². The Morgan fingerprint density at radius 2 is 2.00 bits per heavy atom. The second-order valence-corrected chi connectivity index (χ2v) is 4.51. The molecule has 0 unspecified atom stereocenters. The molecular weight excluding hydrogens is 226 g/mol. The van der Waals surface area contributed by atoms with Crippen LogP contribution >= 0.6 is 0 Å². The van der Waals surface area contributed by atoms with E-state index in [4.69, 9.17) is 4.74 Å². The number of ether oxygens (including phenoxy) is 1. The number of nitrogens with one attached hydrogen (secondary N) is 1. The molecule has 0 aliphatic heterocycles. The molecule has 0 bridgehead atoms. The molecule has 1 amide bonds. The van der Waals surface area contributed by atoms with E-state index >= 15 is 0 Å². The van der Waals surface area contributed by atoms with Crippen molar-refractivity contribution in [3.05, 3.63) is 42.5 Å². The minimum atomic E-state index is -0.361. The van der Waals surface area contributed by atoms with Gasteiger partial charge in [0.2, 0.25) is 0 Å². The zero-order valence-electron chi connectivity index (χ0n) is 10.5. The molecule has 0 saturated carbocycles. The first-order valence-corrected chi connectivity index (χ1v) is 6.52. The highest BCUT2D eigenvalue weighted by Gasteiger charge is 2.13.